The van der Waals surface area contributed by atoms with Gasteiger partial charge in [-0.1, -0.05) is 74.5 Å². The number of aryl methyl sites for hydroxylation is 1. The van der Waals surface area contributed by atoms with Gasteiger partial charge in [0.1, 0.15) is 5.69 Å². The quantitative estimate of drug-likeness (QED) is 0.371. The largest absolute Gasteiger partial charge is 0.447 e. The SMILES string of the molecule is CCN(CC)C(C)OC(=O)CCc1nc(-c2ccccc2)c(-c2ccccc2)o1. The molecule has 3 rings (SSSR count). The lowest BCUT2D eigenvalue weighted by Crippen LogP contribution is -2.36. The number of rotatable bonds is 9. The molecule has 0 aliphatic heterocycles. The van der Waals surface area contributed by atoms with Crippen LogP contribution < -0.4 is 0 Å². The van der Waals surface area contributed by atoms with Crippen LogP contribution in [0.4, 0.5) is 0 Å². The minimum atomic E-state index is -0.245. The van der Waals surface area contributed by atoms with Gasteiger partial charge in [0, 0.05) is 17.5 Å². The first kappa shape index (κ1) is 20.8. The molecule has 5 heteroatoms. The average molecular weight is 392 g/mol. The van der Waals surface area contributed by atoms with E-state index in [1.165, 1.54) is 0 Å². The van der Waals surface area contributed by atoms with E-state index in [0.717, 1.165) is 35.7 Å². The summed E-state index contributed by atoms with van der Waals surface area (Å²) in [6.07, 6.45) is 0.396. The van der Waals surface area contributed by atoms with Crippen molar-refractivity contribution in [2.24, 2.45) is 0 Å². The summed E-state index contributed by atoms with van der Waals surface area (Å²) in [5.41, 5.74) is 2.73. The molecular weight excluding hydrogens is 364 g/mol. The number of ether oxygens (including phenoxy) is 1. The van der Waals surface area contributed by atoms with Crippen molar-refractivity contribution < 1.29 is 13.9 Å². The number of hydrogen-bond donors (Lipinski definition) is 0. The Balaban J connectivity index is 1.75. The van der Waals surface area contributed by atoms with Gasteiger partial charge in [-0.15, -0.1) is 0 Å². The average Bonchev–Trinajstić information content (AvgIpc) is 3.19. The molecule has 1 aromatic heterocycles. The van der Waals surface area contributed by atoms with Crippen LogP contribution in [0.5, 0.6) is 0 Å². The van der Waals surface area contributed by atoms with Crippen LogP contribution in [-0.2, 0) is 16.0 Å². The molecule has 1 unspecified atom stereocenters. The zero-order valence-corrected chi connectivity index (χ0v) is 17.3. The van der Waals surface area contributed by atoms with E-state index in [2.05, 4.69) is 18.7 Å². The molecular formula is C24H28N2O3. The van der Waals surface area contributed by atoms with Crippen LogP contribution in [-0.4, -0.2) is 35.2 Å². The summed E-state index contributed by atoms with van der Waals surface area (Å²) in [7, 11) is 0. The van der Waals surface area contributed by atoms with Crippen LogP contribution >= 0.6 is 0 Å². The third-order valence-corrected chi connectivity index (χ3v) is 4.93. The van der Waals surface area contributed by atoms with E-state index in [-0.39, 0.29) is 18.6 Å². The second-order valence-electron chi connectivity index (χ2n) is 6.83. The van der Waals surface area contributed by atoms with Crippen LogP contribution in [0.15, 0.2) is 65.1 Å². The molecule has 0 aliphatic rings. The zero-order valence-electron chi connectivity index (χ0n) is 17.3. The van der Waals surface area contributed by atoms with Gasteiger partial charge in [0.25, 0.3) is 0 Å². The maximum Gasteiger partial charge on any atom is 0.307 e. The predicted octanol–water partition coefficient (Wildman–Crippen LogP) is 5.17. The number of benzene rings is 2. The first-order chi connectivity index (χ1) is 14.1. The van der Waals surface area contributed by atoms with Gasteiger partial charge in [-0.2, -0.15) is 0 Å². The Morgan fingerprint density at radius 1 is 1.00 bits per heavy atom. The molecule has 1 heterocycles. The molecule has 0 aliphatic carbocycles. The molecule has 2 aromatic carbocycles. The number of aromatic nitrogens is 1. The monoisotopic (exact) mass is 392 g/mol. The highest BCUT2D eigenvalue weighted by molar-refractivity contribution is 5.77. The number of nitrogens with zero attached hydrogens (tertiary/aromatic N) is 2. The van der Waals surface area contributed by atoms with Crippen molar-refractivity contribution in [3.05, 3.63) is 66.6 Å². The van der Waals surface area contributed by atoms with Crippen LogP contribution in [0.1, 0.15) is 33.1 Å². The van der Waals surface area contributed by atoms with Gasteiger partial charge in [-0.05, 0) is 20.0 Å². The summed E-state index contributed by atoms with van der Waals surface area (Å²) in [4.78, 5) is 19.1. The fraction of sp³-hybridized carbons (Fsp3) is 0.333. The maximum absolute atomic E-state index is 12.3. The van der Waals surface area contributed by atoms with Crippen molar-refractivity contribution >= 4 is 5.97 Å². The van der Waals surface area contributed by atoms with Gasteiger partial charge in [0.15, 0.2) is 17.9 Å². The van der Waals surface area contributed by atoms with Gasteiger partial charge in [0.2, 0.25) is 0 Å². The van der Waals surface area contributed by atoms with Gasteiger partial charge < -0.3 is 9.15 Å². The normalized spacial score (nSPS) is 12.1. The number of carbonyl (C=O) groups is 1. The first-order valence-electron chi connectivity index (χ1n) is 10.2. The van der Waals surface area contributed by atoms with Crippen molar-refractivity contribution in [3.8, 4) is 22.6 Å². The Kier molecular flexibility index (Phi) is 7.19. The summed E-state index contributed by atoms with van der Waals surface area (Å²) < 4.78 is 11.6. The number of esters is 1. The fourth-order valence-electron chi connectivity index (χ4n) is 3.32. The lowest BCUT2D eigenvalue weighted by molar-refractivity contribution is -0.157. The highest BCUT2D eigenvalue weighted by atomic mass is 16.6. The van der Waals surface area contributed by atoms with E-state index < -0.39 is 0 Å². The number of hydrogen-bond acceptors (Lipinski definition) is 5. The number of oxazole rings is 1. The Hall–Kier alpha value is -2.92. The molecule has 3 aromatic rings. The topological polar surface area (TPSA) is 55.6 Å². The molecule has 29 heavy (non-hydrogen) atoms. The van der Waals surface area contributed by atoms with Crippen LogP contribution in [0.3, 0.4) is 0 Å². The smallest absolute Gasteiger partial charge is 0.307 e. The Morgan fingerprint density at radius 3 is 2.17 bits per heavy atom. The molecule has 0 spiro atoms. The van der Waals surface area contributed by atoms with Gasteiger partial charge >= 0.3 is 5.97 Å². The molecule has 1 atom stereocenters. The van der Waals surface area contributed by atoms with E-state index in [1.807, 2.05) is 67.6 Å². The zero-order chi connectivity index (χ0) is 20.6. The minimum absolute atomic E-state index is 0.231. The van der Waals surface area contributed by atoms with Crippen molar-refractivity contribution in [1.82, 2.24) is 9.88 Å². The van der Waals surface area contributed by atoms with E-state index in [1.54, 1.807) is 0 Å². The molecule has 0 bridgehead atoms. The highest BCUT2D eigenvalue weighted by Crippen LogP contribution is 2.32. The van der Waals surface area contributed by atoms with E-state index >= 15 is 0 Å². The van der Waals surface area contributed by atoms with Crippen LogP contribution in [0.2, 0.25) is 0 Å². The lowest BCUT2D eigenvalue weighted by Gasteiger charge is -2.25. The Bertz CT molecular complexity index is 845. The standard InChI is InChI=1S/C24H28N2O3/c1-4-26(5-2)18(3)28-22(27)17-16-21-25-23(19-12-8-6-9-13-19)24(29-21)20-14-10-7-11-15-20/h6-15,18H,4-5,16-17H2,1-3H3. The molecule has 152 valence electrons. The lowest BCUT2D eigenvalue weighted by atomic mass is 10.1. The van der Waals surface area contributed by atoms with Gasteiger partial charge in [-0.25, -0.2) is 4.98 Å². The summed E-state index contributed by atoms with van der Waals surface area (Å²) in [6.45, 7) is 7.68. The first-order valence-corrected chi connectivity index (χ1v) is 10.2. The highest BCUT2D eigenvalue weighted by Gasteiger charge is 2.19. The van der Waals surface area contributed by atoms with E-state index in [9.17, 15) is 4.79 Å². The van der Waals surface area contributed by atoms with Crippen LogP contribution in [0, 0.1) is 0 Å². The van der Waals surface area contributed by atoms with Gasteiger partial charge in [-0.3, -0.25) is 9.69 Å². The second-order valence-corrected chi connectivity index (χ2v) is 6.83. The molecule has 0 saturated heterocycles. The summed E-state index contributed by atoms with van der Waals surface area (Å²) in [5, 5.41) is 0. The molecule has 0 fully saturated rings. The summed E-state index contributed by atoms with van der Waals surface area (Å²) >= 11 is 0. The predicted molar refractivity (Wildman–Crippen MR) is 114 cm³/mol. The molecule has 0 radical (unpaired) electrons. The van der Waals surface area contributed by atoms with Crippen molar-refractivity contribution in [1.29, 1.82) is 0 Å². The van der Waals surface area contributed by atoms with Crippen molar-refractivity contribution in [2.75, 3.05) is 13.1 Å². The molecule has 5 nitrogen and oxygen atoms in total. The van der Waals surface area contributed by atoms with Crippen molar-refractivity contribution in [2.45, 2.75) is 39.8 Å². The van der Waals surface area contributed by atoms with E-state index in [0.29, 0.717) is 12.3 Å². The summed E-state index contributed by atoms with van der Waals surface area (Å²) in [6, 6.07) is 19.8. The number of carbonyl (C=O) groups excluding carboxylic acids is 1. The minimum Gasteiger partial charge on any atom is -0.447 e. The molecule has 0 saturated carbocycles. The maximum atomic E-state index is 12.3. The third-order valence-electron chi connectivity index (χ3n) is 4.93. The van der Waals surface area contributed by atoms with Gasteiger partial charge in [0.05, 0.1) is 6.42 Å². The third kappa shape index (κ3) is 5.33. The Labute approximate surface area is 172 Å². The second kappa shape index (κ2) is 10.0. The van der Waals surface area contributed by atoms with E-state index in [4.69, 9.17) is 14.1 Å². The van der Waals surface area contributed by atoms with Crippen molar-refractivity contribution in [3.63, 3.8) is 0 Å². The molecule has 0 amide bonds. The summed E-state index contributed by atoms with van der Waals surface area (Å²) in [5.74, 6) is 1.01. The fourth-order valence-corrected chi connectivity index (χ4v) is 3.32. The van der Waals surface area contributed by atoms with Crippen LogP contribution in [0.25, 0.3) is 22.6 Å². The molecule has 0 N–H and O–H groups in total. The Morgan fingerprint density at radius 2 is 1.59 bits per heavy atom.